The fraction of sp³-hybridized carbons (Fsp3) is 0.375. The summed E-state index contributed by atoms with van der Waals surface area (Å²) in [5.74, 6) is 0.749. The SMILES string of the molecule is COc1ccc(CC(C)C(=O)n2nc(C)cc2C)cc1. The van der Waals surface area contributed by atoms with Gasteiger partial charge in [-0.1, -0.05) is 19.1 Å². The standard InChI is InChI=1S/C16H20N2O2/c1-11(9-14-5-7-15(20-4)8-6-14)16(19)18-13(3)10-12(2)17-18/h5-8,10-11H,9H2,1-4H3. The van der Waals surface area contributed by atoms with Crippen LogP contribution in [0.15, 0.2) is 30.3 Å². The molecule has 0 bridgehead atoms. The molecule has 4 heteroatoms. The summed E-state index contributed by atoms with van der Waals surface area (Å²) < 4.78 is 6.63. The van der Waals surface area contributed by atoms with Crippen LogP contribution in [0.3, 0.4) is 0 Å². The number of benzene rings is 1. The lowest BCUT2D eigenvalue weighted by molar-refractivity contribution is 0.0824. The zero-order valence-corrected chi connectivity index (χ0v) is 12.4. The minimum absolute atomic E-state index is 0.0337. The molecule has 0 amide bonds. The molecule has 0 saturated carbocycles. The maximum Gasteiger partial charge on any atom is 0.250 e. The molecule has 20 heavy (non-hydrogen) atoms. The molecule has 2 aromatic rings. The summed E-state index contributed by atoms with van der Waals surface area (Å²) in [7, 11) is 1.64. The van der Waals surface area contributed by atoms with Gasteiger partial charge in [0.2, 0.25) is 5.91 Å². The molecule has 0 saturated heterocycles. The lowest BCUT2D eigenvalue weighted by Crippen LogP contribution is -2.23. The number of hydrogen-bond donors (Lipinski definition) is 0. The zero-order chi connectivity index (χ0) is 14.7. The third-order valence-electron chi connectivity index (χ3n) is 3.34. The number of aryl methyl sites for hydroxylation is 2. The number of aromatic nitrogens is 2. The number of nitrogens with zero attached hydrogens (tertiary/aromatic N) is 2. The topological polar surface area (TPSA) is 44.1 Å². The molecular weight excluding hydrogens is 252 g/mol. The molecular formula is C16H20N2O2. The van der Waals surface area contributed by atoms with Crippen LogP contribution in [0.4, 0.5) is 0 Å². The van der Waals surface area contributed by atoms with E-state index in [9.17, 15) is 4.79 Å². The Bertz CT molecular complexity index is 599. The maximum atomic E-state index is 12.4. The Labute approximate surface area is 119 Å². The number of hydrogen-bond acceptors (Lipinski definition) is 3. The Morgan fingerprint density at radius 3 is 2.45 bits per heavy atom. The van der Waals surface area contributed by atoms with Gasteiger partial charge in [-0.15, -0.1) is 0 Å². The van der Waals surface area contributed by atoms with Gasteiger partial charge >= 0.3 is 0 Å². The van der Waals surface area contributed by atoms with Crippen molar-refractivity contribution in [2.45, 2.75) is 27.2 Å². The van der Waals surface area contributed by atoms with Crippen LogP contribution in [-0.2, 0) is 6.42 Å². The second-order valence-electron chi connectivity index (χ2n) is 5.13. The van der Waals surface area contributed by atoms with Crippen LogP contribution < -0.4 is 4.74 Å². The third kappa shape index (κ3) is 3.07. The molecule has 0 aliphatic carbocycles. The number of carbonyl (C=O) groups is 1. The molecule has 1 heterocycles. The van der Waals surface area contributed by atoms with Gasteiger partial charge in [0.25, 0.3) is 0 Å². The minimum atomic E-state index is -0.110. The Morgan fingerprint density at radius 1 is 1.30 bits per heavy atom. The van der Waals surface area contributed by atoms with Crippen molar-refractivity contribution in [2.24, 2.45) is 5.92 Å². The number of rotatable bonds is 4. The molecule has 1 atom stereocenters. The molecule has 1 aromatic carbocycles. The first-order valence-electron chi connectivity index (χ1n) is 6.71. The highest BCUT2D eigenvalue weighted by Gasteiger charge is 2.18. The minimum Gasteiger partial charge on any atom is -0.497 e. The van der Waals surface area contributed by atoms with E-state index in [0.29, 0.717) is 6.42 Å². The molecule has 2 rings (SSSR count). The Morgan fingerprint density at radius 2 is 1.95 bits per heavy atom. The summed E-state index contributed by atoms with van der Waals surface area (Å²) in [5.41, 5.74) is 2.87. The van der Waals surface area contributed by atoms with Gasteiger partial charge in [0.1, 0.15) is 5.75 Å². The maximum absolute atomic E-state index is 12.4. The molecule has 0 spiro atoms. The monoisotopic (exact) mass is 272 g/mol. The summed E-state index contributed by atoms with van der Waals surface area (Å²) in [6.45, 7) is 5.73. The molecule has 4 nitrogen and oxygen atoms in total. The lowest BCUT2D eigenvalue weighted by atomic mass is 10.0. The first kappa shape index (κ1) is 14.3. The zero-order valence-electron chi connectivity index (χ0n) is 12.4. The van der Waals surface area contributed by atoms with Gasteiger partial charge in [0, 0.05) is 11.6 Å². The summed E-state index contributed by atoms with van der Waals surface area (Å²) in [5, 5.41) is 4.25. The van der Waals surface area contributed by atoms with Gasteiger partial charge in [-0.2, -0.15) is 5.10 Å². The van der Waals surface area contributed by atoms with E-state index >= 15 is 0 Å². The Hall–Kier alpha value is -2.10. The van der Waals surface area contributed by atoms with Crippen LogP contribution in [-0.4, -0.2) is 22.8 Å². The second-order valence-corrected chi connectivity index (χ2v) is 5.13. The van der Waals surface area contributed by atoms with Crippen molar-refractivity contribution >= 4 is 5.91 Å². The van der Waals surface area contributed by atoms with Gasteiger partial charge in [0.05, 0.1) is 12.8 Å². The quantitative estimate of drug-likeness (QED) is 0.859. The molecule has 0 aliphatic rings. The van der Waals surface area contributed by atoms with Gasteiger partial charge < -0.3 is 4.74 Å². The lowest BCUT2D eigenvalue weighted by Gasteiger charge is -2.12. The molecule has 106 valence electrons. The molecule has 1 unspecified atom stereocenters. The molecule has 1 aromatic heterocycles. The van der Waals surface area contributed by atoms with Crippen molar-refractivity contribution in [3.05, 3.63) is 47.3 Å². The number of carbonyl (C=O) groups excluding carboxylic acids is 1. The van der Waals surface area contributed by atoms with E-state index in [0.717, 1.165) is 22.7 Å². The van der Waals surface area contributed by atoms with Crippen molar-refractivity contribution < 1.29 is 9.53 Å². The van der Waals surface area contributed by atoms with Crippen LogP contribution in [0.5, 0.6) is 5.75 Å². The highest BCUT2D eigenvalue weighted by molar-refractivity contribution is 5.81. The van der Waals surface area contributed by atoms with E-state index < -0.39 is 0 Å². The van der Waals surface area contributed by atoms with Crippen molar-refractivity contribution in [3.8, 4) is 5.75 Å². The average Bonchev–Trinajstić information content (AvgIpc) is 2.77. The normalized spacial score (nSPS) is 12.2. The van der Waals surface area contributed by atoms with E-state index in [1.807, 2.05) is 51.1 Å². The van der Waals surface area contributed by atoms with E-state index in [2.05, 4.69) is 5.10 Å². The van der Waals surface area contributed by atoms with Crippen LogP contribution in [0.1, 0.15) is 28.7 Å². The summed E-state index contributed by atoms with van der Waals surface area (Å²) >= 11 is 0. The first-order chi connectivity index (χ1) is 9.51. The smallest absolute Gasteiger partial charge is 0.250 e. The first-order valence-corrected chi connectivity index (χ1v) is 6.71. The van der Waals surface area contributed by atoms with Crippen LogP contribution in [0.25, 0.3) is 0 Å². The highest BCUT2D eigenvalue weighted by Crippen LogP contribution is 2.16. The largest absolute Gasteiger partial charge is 0.497 e. The summed E-state index contributed by atoms with van der Waals surface area (Å²) in [6, 6.07) is 9.72. The molecule has 0 N–H and O–H groups in total. The number of ether oxygens (including phenoxy) is 1. The van der Waals surface area contributed by atoms with E-state index in [4.69, 9.17) is 4.74 Å². The van der Waals surface area contributed by atoms with Crippen molar-refractivity contribution in [1.82, 2.24) is 9.78 Å². The van der Waals surface area contributed by atoms with Crippen LogP contribution >= 0.6 is 0 Å². The van der Waals surface area contributed by atoms with E-state index in [1.54, 1.807) is 7.11 Å². The van der Waals surface area contributed by atoms with E-state index in [1.165, 1.54) is 4.68 Å². The van der Waals surface area contributed by atoms with Crippen molar-refractivity contribution in [3.63, 3.8) is 0 Å². The third-order valence-corrected chi connectivity index (χ3v) is 3.34. The van der Waals surface area contributed by atoms with E-state index in [-0.39, 0.29) is 11.8 Å². The van der Waals surface area contributed by atoms with Gasteiger partial charge in [-0.05, 0) is 44.0 Å². The molecule has 0 radical (unpaired) electrons. The molecule has 0 aliphatic heterocycles. The van der Waals surface area contributed by atoms with Crippen LogP contribution in [0, 0.1) is 19.8 Å². The summed E-state index contributed by atoms with van der Waals surface area (Å²) in [4.78, 5) is 12.4. The van der Waals surface area contributed by atoms with Gasteiger partial charge in [0.15, 0.2) is 0 Å². The fourth-order valence-electron chi connectivity index (χ4n) is 2.26. The second kappa shape index (κ2) is 5.90. The number of methoxy groups -OCH3 is 1. The predicted octanol–water partition coefficient (Wildman–Crippen LogP) is 3.03. The highest BCUT2D eigenvalue weighted by atomic mass is 16.5. The summed E-state index contributed by atoms with van der Waals surface area (Å²) in [6.07, 6.45) is 0.696. The predicted molar refractivity (Wildman–Crippen MR) is 78.2 cm³/mol. The Kier molecular flexibility index (Phi) is 4.23. The fourth-order valence-corrected chi connectivity index (χ4v) is 2.26. The Balaban J connectivity index is 2.09. The van der Waals surface area contributed by atoms with Crippen LogP contribution in [0.2, 0.25) is 0 Å². The van der Waals surface area contributed by atoms with Crippen molar-refractivity contribution in [1.29, 1.82) is 0 Å². The van der Waals surface area contributed by atoms with Gasteiger partial charge in [-0.3, -0.25) is 4.79 Å². The van der Waals surface area contributed by atoms with Gasteiger partial charge in [-0.25, -0.2) is 4.68 Å². The average molecular weight is 272 g/mol. The van der Waals surface area contributed by atoms with Crippen molar-refractivity contribution in [2.75, 3.05) is 7.11 Å². The molecule has 0 fully saturated rings.